The molecule has 0 radical (unpaired) electrons. The van der Waals surface area contributed by atoms with Crippen molar-refractivity contribution in [3.8, 4) is 0 Å². The third kappa shape index (κ3) is 4.33. The van der Waals surface area contributed by atoms with Crippen LogP contribution in [0.15, 0.2) is 0 Å². The van der Waals surface area contributed by atoms with E-state index in [-0.39, 0.29) is 0 Å². The van der Waals surface area contributed by atoms with Gasteiger partial charge in [0, 0.05) is 19.4 Å². The zero-order chi connectivity index (χ0) is 11.3. The van der Waals surface area contributed by atoms with Gasteiger partial charge in [0.2, 0.25) is 0 Å². The predicted octanol–water partition coefficient (Wildman–Crippen LogP) is 2.72. The van der Waals surface area contributed by atoms with Crippen LogP contribution in [-0.4, -0.2) is 30.3 Å². The maximum atomic E-state index is 11.1. The van der Waals surface area contributed by atoms with Crippen LogP contribution in [0.25, 0.3) is 0 Å². The Morgan fingerprint density at radius 1 is 1.47 bits per heavy atom. The molecule has 0 spiro atoms. The summed E-state index contributed by atoms with van der Waals surface area (Å²) in [5.74, 6) is 2.11. The predicted molar refractivity (Wildman–Crippen MR) is 63.9 cm³/mol. The molecule has 0 amide bonds. The summed E-state index contributed by atoms with van der Waals surface area (Å²) in [6.07, 6.45) is 3.88. The maximum Gasteiger partial charge on any atom is 0.132 e. The van der Waals surface area contributed by atoms with Crippen LogP contribution < -0.4 is 0 Å². The van der Waals surface area contributed by atoms with Crippen molar-refractivity contribution >= 4 is 5.78 Å². The van der Waals surface area contributed by atoms with Gasteiger partial charge in [0.1, 0.15) is 5.78 Å². The van der Waals surface area contributed by atoms with Gasteiger partial charge in [0.05, 0.1) is 0 Å². The van der Waals surface area contributed by atoms with E-state index in [0.717, 1.165) is 31.2 Å². The molecule has 1 aliphatic heterocycles. The lowest BCUT2D eigenvalue weighted by atomic mass is 9.95. The first kappa shape index (κ1) is 12.7. The molecule has 0 aromatic carbocycles. The largest absolute Gasteiger partial charge is 0.303 e. The number of hydrogen-bond acceptors (Lipinski definition) is 2. The molecule has 88 valence electrons. The fraction of sp³-hybridized carbons (Fsp3) is 0.923. The normalized spacial score (nSPS) is 22.5. The Bertz CT molecular complexity index is 201. The van der Waals surface area contributed by atoms with E-state index in [1.54, 1.807) is 0 Å². The van der Waals surface area contributed by atoms with Crippen molar-refractivity contribution in [2.24, 2.45) is 11.8 Å². The molecule has 0 bridgehead atoms. The number of Topliss-reactive ketones (excluding diaryl/α,β-unsaturated/α-hetero) is 1. The quantitative estimate of drug-likeness (QED) is 0.673. The van der Waals surface area contributed by atoms with Gasteiger partial charge in [0.15, 0.2) is 0 Å². The molecule has 0 aromatic rings. The molecule has 1 fully saturated rings. The number of ketones is 1. The summed E-state index contributed by atoms with van der Waals surface area (Å²) in [6.45, 7) is 10.2. The SMILES string of the molecule is CCC(=O)CCCN1CCC(C(C)C)C1. The molecule has 0 aromatic heterocycles. The highest BCUT2D eigenvalue weighted by atomic mass is 16.1. The second-order valence-electron chi connectivity index (χ2n) is 5.09. The molecule has 15 heavy (non-hydrogen) atoms. The smallest absolute Gasteiger partial charge is 0.132 e. The molecule has 0 aliphatic carbocycles. The van der Waals surface area contributed by atoms with E-state index in [1.165, 1.54) is 19.5 Å². The minimum Gasteiger partial charge on any atom is -0.303 e. The first-order valence-corrected chi connectivity index (χ1v) is 6.37. The highest BCUT2D eigenvalue weighted by Crippen LogP contribution is 2.23. The Morgan fingerprint density at radius 3 is 2.73 bits per heavy atom. The van der Waals surface area contributed by atoms with Gasteiger partial charge in [-0.2, -0.15) is 0 Å². The van der Waals surface area contributed by atoms with Crippen molar-refractivity contribution in [3.05, 3.63) is 0 Å². The molecular formula is C13H25NO. The summed E-state index contributed by atoms with van der Waals surface area (Å²) < 4.78 is 0. The molecule has 1 atom stereocenters. The maximum absolute atomic E-state index is 11.1. The van der Waals surface area contributed by atoms with Crippen LogP contribution in [-0.2, 0) is 4.79 Å². The molecule has 1 rings (SSSR count). The van der Waals surface area contributed by atoms with Gasteiger partial charge in [-0.05, 0) is 37.8 Å². The number of carbonyl (C=O) groups excluding carboxylic acids is 1. The van der Waals surface area contributed by atoms with Gasteiger partial charge in [0.25, 0.3) is 0 Å². The molecule has 1 aliphatic rings. The Kier molecular flexibility index (Phi) is 5.30. The van der Waals surface area contributed by atoms with Crippen LogP contribution in [0, 0.1) is 11.8 Å². The van der Waals surface area contributed by atoms with Gasteiger partial charge in [-0.1, -0.05) is 20.8 Å². The van der Waals surface area contributed by atoms with E-state index in [9.17, 15) is 4.79 Å². The van der Waals surface area contributed by atoms with Crippen molar-refractivity contribution < 1.29 is 4.79 Å². The lowest BCUT2D eigenvalue weighted by Crippen LogP contribution is -2.23. The monoisotopic (exact) mass is 211 g/mol. The lowest BCUT2D eigenvalue weighted by Gasteiger charge is -2.17. The summed E-state index contributed by atoms with van der Waals surface area (Å²) in [7, 11) is 0. The van der Waals surface area contributed by atoms with Crippen LogP contribution in [0.1, 0.15) is 46.5 Å². The molecule has 0 saturated carbocycles. The number of nitrogens with zero attached hydrogens (tertiary/aromatic N) is 1. The first-order chi connectivity index (χ1) is 7.13. The Morgan fingerprint density at radius 2 is 2.20 bits per heavy atom. The highest BCUT2D eigenvalue weighted by molar-refractivity contribution is 5.77. The van der Waals surface area contributed by atoms with Crippen molar-refractivity contribution in [2.45, 2.75) is 46.5 Å². The van der Waals surface area contributed by atoms with Gasteiger partial charge >= 0.3 is 0 Å². The number of likely N-dealkylation sites (tertiary alicyclic amines) is 1. The second-order valence-corrected chi connectivity index (χ2v) is 5.09. The van der Waals surface area contributed by atoms with E-state index in [2.05, 4.69) is 18.7 Å². The minimum absolute atomic E-state index is 0.412. The van der Waals surface area contributed by atoms with Gasteiger partial charge < -0.3 is 4.90 Å². The van der Waals surface area contributed by atoms with Crippen molar-refractivity contribution in [3.63, 3.8) is 0 Å². The lowest BCUT2D eigenvalue weighted by molar-refractivity contribution is -0.118. The Balaban J connectivity index is 2.11. The zero-order valence-electron chi connectivity index (χ0n) is 10.5. The van der Waals surface area contributed by atoms with Crippen LogP contribution in [0.4, 0.5) is 0 Å². The molecular weight excluding hydrogens is 186 g/mol. The highest BCUT2D eigenvalue weighted by Gasteiger charge is 2.24. The fourth-order valence-corrected chi connectivity index (χ4v) is 2.29. The zero-order valence-corrected chi connectivity index (χ0v) is 10.5. The third-order valence-corrected chi connectivity index (χ3v) is 3.58. The Labute approximate surface area is 94.0 Å². The molecule has 0 N–H and O–H groups in total. The standard InChI is InChI=1S/C13H25NO/c1-4-13(15)6-5-8-14-9-7-12(10-14)11(2)3/h11-12H,4-10H2,1-3H3. The fourth-order valence-electron chi connectivity index (χ4n) is 2.29. The Hall–Kier alpha value is -0.370. The average molecular weight is 211 g/mol. The summed E-state index contributed by atoms with van der Waals surface area (Å²) in [6, 6.07) is 0. The number of carbonyl (C=O) groups is 1. The first-order valence-electron chi connectivity index (χ1n) is 6.37. The molecule has 2 nitrogen and oxygen atoms in total. The molecule has 1 heterocycles. The minimum atomic E-state index is 0.412. The second kappa shape index (κ2) is 6.26. The van der Waals surface area contributed by atoms with Gasteiger partial charge in [-0.15, -0.1) is 0 Å². The van der Waals surface area contributed by atoms with Crippen molar-refractivity contribution in [2.75, 3.05) is 19.6 Å². The van der Waals surface area contributed by atoms with E-state index in [0.29, 0.717) is 12.2 Å². The van der Waals surface area contributed by atoms with E-state index >= 15 is 0 Å². The van der Waals surface area contributed by atoms with E-state index < -0.39 is 0 Å². The van der Waals surface area contributed by atoms with Crippen molar-refractivity contribution in [1.82, 2.24) is 4.90 Å². The van der Waals surface area contributed by atoms with E-state index in [4.69, 9.17) is 0 Å². The van der Waals surface area contributed by atoms with Crippen LogP contribution in [0.3, 0.4) is 0 Å². The summed E-state index contributed by atoms with van der Waals surface area (Å²) in [5.41, 5.74) is 0. The number of rotatable bonds is 6. The van der Waals surface area contributed by atoms with E-state index in [1.807, 2.05) is 6.92 Å². The molecule has 1 unspecified atom stereocenters. The molecule has 2 heteroatoms. The van der Waals surface area contributed by atoms with Crippen molar-refractivity contribution in [1.29, 1.82) is 0 Å². The van der Waals surface area contributed by atoms with Crippen LogP contribution in [0.5, 0.6) is 0 Å². The number of hydrogen-bond donors (Lipinski definition) is 0. The topological polar surface area (TPSA) is 20.3 Å². The summed E-state index contributed by atoms with van der Waals surface area (Å²) in [4.78, 5) is 13.7. The van der Waals surface area contributed by atoms with Crippen LogP contribution >= 0.6 is 0 Å². The average Bonchev–Trinajstić information content (AvgIpc) is 2.66. The van der Waals surface area contributed by atoms with Gasteiger partial charge in [-0.3, -0.25) is 4.79 Å². The summed E-state index contributed by atoms with van der Waals surface area (Å²) in [5, 5.41) is 0. The molecule has 1 saturated heterocycles. The third-order valence-electron chi connectivity index (χ3n) is 3.58. The van der Waals surface area contributed by atoms with Crippen LogP contribution in [0.2, 0.25) is 0 Å². The van der Waals surface area contributed by atoms with Gasteiger partial charge in [-0.25, -0.2) is 0 Å². The summed E-state index contributed by atoms with van der Waals surface area (Å²) >= 11 is 0.